The van der Waals surface area contributed by atoms with Gasteiger partial charge >= 0.3 is 5.69 Å². The molecule has 27 heavy (non-hydrogen) atoms. The molecule has 2 saturated heterocycles. The fraction of sp³-hybridized carbons (Fsp3) is 0.529. The second-order valence-electron chi connectivity index (χ2n) is 7.27. The molecule has 2 unspecified atom stereocenters. The molecule has 0 saturated carbocycles. The Labute approximate surface area is 154 Å². The van der Waals surface area contributed by atoms with E-state index in [1.807, 2.05) is 4.57 Å². The average molecular weight is 371 g/mol. The Morgan fingerprint density at radius 2 is 2.11 bits per heavy atom. The van der Waals surface area contributed by atoms with E-state index >= 15 is 0 Å². The Morgan fingerprint density at radius 3 is 2.89 bits per heavy atom. The SMILES string of the molecule is Cn1c(=O)c2c(nc(N3CCC4CNCC43)n2Cc2ncco2)n(C)c1=O. The molecule has 10 nitrogen and oxygen atoms in total. The van der Waals surface area contributed by atoms with Crippen molar-refractivity contribution in [3.8, 4) is 0 Å². The molecule has 1 N–H and O–H groups in total. The number of hydrogen-bond donors (Lipinski definition) is 1. The van der Waals surface area contributed by atoms with Crippen LogP contribution in [0, 0.1) is 5.92 Å². The van der Waals surface area contributed by atoms with Crippen molar-refractivity contribution in [3.63, 3.8) is 0 Å². The Bertz CT molecular complexity index is 1120. The van der Waals surface area contributed by atoms with E-state index in [1.54, 1.807) is 13.2 Å². The Hall–Kier alpha value is -2.88. The van der Waals surface area contributed by atoms with Gasteiger partial charge in [-0.25, -0.2) is 9.78 Å². The first kappa shape index (κ1) is 16.3. The van der Waals surface area contributed by atoms with Crippen LogP contribution in [0.15, 0.2) is 26.5 Å². The van der Waals surface area contributed by atoms with E-state index in [2.05, 4.69) is 15.2 Å². The molecule has 2 atom stereocenters. The van der Waals surface area contributed by atoms with Gasteiger partial charge in [0.2, 0.25) is 11.8 Å². The monoisotopic (exact) mass is 371 g/mol. The summed E-state index contributed by atoms with van der Waals surface area (Å²) >= 11 is 0. The maximum Gasteiger partial charge on any atom is 0.332 e. The van der Waals surface area contributed by atoms with E-state index in [9.17, 15) is 9.59 Å². The highest BCUT2D eigenvalue weighted by Crippen LogP contribution is 2.33. The Kier molecular flexibility index (Phi) is 3.51. The van der Waals surface area contributed by atoms with Crippen molar-refractivity contribution in [2.24, 2.45) is 20.0 Å². The van der Waals surface area contributed by atoms with Gasteiger partial charge in [0.15, 0.2) is 11.2 Å². The molecular formula is C17H21N7O3. The zero-order chi connectivity index (χ0) is 18.7. The first-order valence-corrected chi connectivity index (χ1v) is 9.08. The molecule has 0 aliphatic carbocycles. The van der Waals surface area contributed by atoms with Gasteiger partial charge in [0.1, 0.15) is 12.8 Å². The molecule has 0 spiro atoms. The minimum Gasteiger partial charge on any atom is -0.447 e. The molecule has 2 aliphatic rings. The summed E-state index contributed by atoms with van der Waals surface area (Å²) < 4.78 is 9.79. The molecule has 10 heteroatoms. The van der Waals surface area contributed by atoms with E-state index in [4.69, 9.17) is 9.40 Å². The van der Waals surface area contributed by atoms with Crippen LogP contribution in [0.2, 0.25) is 0 Å². The lowest BCUT2D eigenvalue weighted by molar-refractivity contribution is 0.478. The lowest BCUT2D eigenvalue weighted by atomic mass is 10.1. The van der Waals surface area contributed by atoms with Crippen molar-refractivity contribution in [3.05, 3.63) is 39.2 Å². The van der Waals surface area contributed by atoms with Crippen LogP contribution in [0.5, 0.6) is 0 Å². The number of hydrogen-bond acceptors (Lipinski definition) is 7. The van der Waals surface area contributed by atoms with Gasteiger partial charge in [0, 0.05) is 39.8 Å². The topological polar surface area (TPSA) is 103 Å². The summed E-state index contributed by atoms with van der Waals surface area (Å²) in [6.45, 7) is 3.05. The molecule has 5 rings (SSSR count). The molecule has 142 valence electrons. The smallest absolute Gasteiger partial charge is 0.332 e. The summed E-state index contributed by atoms with van der Waals surface area (Å²) in [5, 5.41) is 3.43. The van der Waals surface area contributed by atoms with Crippen molar-refractivity contribution < 1.29 is 4.42 Å². The summed E-state index contributed by atoms with van der Waals surface area (Å²) in [5.74, 6) is 1.76. The lowest BCUT2D eigenvalue weighted by Crippen LogP contribution is -2.38. The third-order valence-corrected chi connectivity index (χ3v) is 5.81. The van der Waals surface area contributed by atoms with Crippen molar-refractivity contribution in [1.82, 2.24) is 29.0 Å². The van der Waals surface area contributed by atoms with Gasteiger partial charge in [-0.15, -0.1) is 0 Å². The first-order chi connectivity index (χ1) is 13.1. The third-order valence-electron chi connectivity index (χ3n) is 5.81. The normalized spacial score (nSPS) is 22.1. The van der Waals surface area contributed by atoms with Gasteiger partial charge in [-0.05, 0) is 12.3 Å². The number of aryl methyl sites for hydroxylation is 1. The number of oxazole rings is 1. The highest BCUT2D eigenvalue weighted by Gasteiger charge is 2.40. The number of nitrogens with one attached hydrogen (secondary N) is 1. The van der Waals surface area contributed by atoms with Crippen LogP contribution >= 0.6 is 0 Å². The molecule has 2 fully saturated rings. The third kappa shape index (κ3) is 2.29. The fourth-order valence-electron chi connectivity index (χ4n) is 4.37. The standard InChI is InChI=1S/C17H21N7O3/c1-21-14-13(15(25)22(2)17(21)26)24(9-12-19-4-6-27-12)16(20-14)23-5-3-10-7-18-8-11(10)23/h4,6,10-11,18H,3,5,7-9H2,1-2H3. The molecule has 0 bridgehead atoms. The number of rotatable bonds is 3. The number of imidazole rings is 1. The number of nitrogens with zero attached hydrogens (tertiary/aromatic N) is 6. The van der Waals surface area contributed by atoms with Crippen molar-refractivity contribution in [2.75, 3.05) is 24.5 Å². The maximum absolute atomic E-state index is 12.9. The van der Waals surface area contributed by atoms with Crippen LogP contribution in [0.3, 0.4) is 0 Å². The highest BCUT2D eigenvalue weighted by atomic mass is 16.3. The van der Waals surface area contributed by atoms with Crippen LogP contribution in [-0.2, 0) is 20.6 Å². The summed E-state index contributed by atoms with van der Waals surface area (Å²) in [4.78, 5) is 36.5. The molecule has 0 radical (unpaired) electrons. The van der Waals surface area contributed by atoms with Gasteiger partial charge in [-0.3, -0.25) is 18.5 Å². The predicted molar refractivity (Wildman–Crippen MR) is 97.9 cm³/mol. The van der Waals surface area contributed by atoms with Gasteiger partial charge in [0.05, 0.1) is 6.20 Å². The maximum atomic E-state index is 12.9. The quantitative estimate of drug-likeness (QED) is 0.647. The van der Waals surface area contributed by atoms with Gasteiger partial charge < -0.3 is 14.6 Å². The number of fused-ring (bicyclic) bond motifs is 2. The van der Waals surface area contributed by atoms with Gasteiger partial charge in [-0.1, -0.05) is 0 Å². The molecule has 0 aromatic carbocycles. The number of aromatic nitrogens is 5. The Balaban J connectivity index is 1.76. The molecule has 2 aliphatic heterocycles. The highest BCUT2D eigenvalue weighted by molar-refractivity contribution is 5.75. The lowest BCUT2D eigenvalue weighted by Gasteiger charge is -2.25. The zero-order valence-electron chi connectivity index (χ0n) is 15.3. The van der Waals surface area contributed by atoms with E-state index in [1.165, 1.54) is 17.9 Å². The van der Waals surface area contributed by atoms with Crippen LogP contribution in [0.1, 0.15) is 12.3 Å². The zero-order valence-corrected chi connectivity index (χ0v) is 15.3. The second-order valence-corrected chi connectivity index (χ2v) is 7.27. The minimum absolute atomic E-state index is 0.285. The fourth-order valence-corrected chi connectivity index (χ4v) is 4.37. The summed E-state index contributed by atoms with van der Waals surface area (Å²) in [5.41, 5.74) is 0.0293. The van der Waals surface area contributed by atoms with Crippen LogP contribution < -0.4 is 21.5 Å². The molecule has 3 aromatic heterocycles. The first-order valence-electron chi connectivity index (χ1n) is 9.08. The molecule has 5 heterocycles. The minimum atomic E-state index is -0.387. The van der Waals surface area contributed by atoms with Gasteiger partial charge in [0.25, 0.3) is 5.56 Å². The average Bonchev–Trinajstić information content (AvgIpc) is 3.42. The van der Waals surface area contributed by atoms with Crippen LogP contribution in [0.25, 0.3) is 11.2 Å². The second kappa shape index (κ2) is 5.81. The van der Waals surface area contributed by atoms with E-state index in [-0.39, 0.29) is 17.8 Å². The largest absolute Gasteiger partial charge is 0.447 e. The summed E-state index contributed by atoms with van der Waals surface area (Å²) in [6, 6.07) is 0.339. The summed E-state index contributed by atoms with van der Waals surface area (Å²) in [6.07, 6.45) is 4.17. The van der Waals surface area contributed by atoms with Gasteiger partial charge in [-0.2, -0.15) is 4.98 Å². The van der Waals surface area contributed by atoms with E-state index < -0.39 is 0 Å². The van der Waals surface area contributed by atoms with Crippen molar-refractivity contribution in [1.29, 1.82) is 0 Å². The van der Waals surface area contributed by atoms with E-state index in [0.717, 1.165) is 30.6 Å². The van der Waals surface area contributed by atoms with Crippen LogP contribution in [0.4, 0.5) is 5.95 Å². The van der Waals surface area contributed by atoms with Crippen LogP contribution in [-0.4, -0.2) is 49.3 Å². The molecule has 3 aromatic rings. The Morgan fingerprint density at radius 1 is 1.26 bits per heavy atom. The van der Waals surface area contributed by atoms with Crippen molar-refractivity contribution in [2.45, 2.75) is 19.0 Å². The number of anilines is 1. The molecular weight excluding hydrogens is 350 g/mol. The van der Waals surface area contributed by atoms with E-state index in [0.29, 0.717) is 35.0 Å². The molecule has 0 amide bonds. The summed E-state index contributed by atoms with van der Waals surface area (Å²) in [7, 11) is 3.12. The predicted octanol–water partition coefficient (Wildman–Crippen LogP) is -0.732. The van der Waals surface area contributed by atoms with Crippen molar-refractivity contribution >= 4 is 17.1 Å².